The molecule has 6 heteroatoms. The van der Waals surface area contributed by atoms with Gasteiger partial charge in [-0.15, -0.1) is 22.7 Å². The number of amides is 1. The normalized spacial score (nSPS) is 10.8. The Balaban J connectivity index is 1.68. The number of rotatable bonds is 6. The van der Waals surface area contributed by atoms with E-state index >= 15 is 0 Å². The van der Waals surface area contributed by atoms with Gasteiger partial charge >= 0.3 is 0 Å². The maximum absolute atomic E-state index is 12.4. The molecule has 0 spiro atoms. The zero-order valence-corrected chi connectivity index (χ0v) is 15.1. The average Bonchev–Trinajstić information content (AvgIpc) is 3.24. The second-order valence-electron chi connectivity index (χ2n) is 5.70. The highest BCUT2D eigenvalue weighted by Gasteiger charge is 2.11. The minimum atomic E-state index is -0.183. The maximum atomic E-state index is 12.4. The van der Waals surface area contributed by atoms with Gasteiger partial charge in [0.25, 0.3) is 5.91 Å². The average molecular weight is 358 g/mol. The van der Waals surface area contributed by atoms with Crippen LogP contribution in [0.15, 0.2) is 47.2 Å². The van der Waals surface area contributed by atoms with Crippen molar-refractivity contribution >= 4 is 33.7 Å². The Hall–Kier alpha value is -2.18. The number of carbonyl (C=O) groups is 1. The monoisotopic (exact) mass is 358 g/mol. The number of aromatic nitrogens is 1. The summed E-state index contributed by atoms with van der Waals surface area (Å²) in [5, 5.41) is 7.40. The lowest BCUT2D eigenvalue weighted by atomic mass is 10.2. The molecule has 0 unspecified atom stereocenters. The smallest absolute Gasteiger partial charge is 0.257 e. The summed E-state index contributed by atoms with van der Waals surface area (Å²) in [6.45, 7) is 4.80. The number of anilines is 1. The topological polar surface area (TPSA) is 51.2 Å². The Bertz CT molecular complexity index is 810. The fourth-order valence-corrected chi connectivity index (χ4v) is 3.49. The zero-order chi connectivity index (χ0) is 16.9. The molecule has 0 fully saturated rings. The maximum Gasteiger partial charge on any atom is 0.257 e. The molecule has 1 aromatic carbocycles. The molecule has 24 heavy (non-hydrogen) atoms. The molecule has 0 atom stereocenters. The summed E-state index contributed by atoms with van der Waals surface area (Å²) in [4.78, 5) is 18.0. The van der Waals surface area contributed by atoms with Crippen molar-refractivity contribution in [3.8, 4) is 16.3 Å². The quantitative estimate of drug-likeness (QED) is 0.662. The van der Waals surface area contributed by atoms with Crippen LogP contribution in [-0.2, 0) is 0 Å². The van der Waals surface area contributed by atoms with Crippen LogP contribution < -0.4 is 10.1 Å². The molecule has 0 aliphatic carbocycles. The number of hydrogen-bond acceptors (Lipinski definition) is 5. The summed E-state index contributed by atoms with van der Waals surface area (Å²) in [6, 6.07) is 11.2. The lowest BCUT2D eigenvalue weighted by Gasteiger charge is -2.09. The second kappa shape index (κ2) is 7.59. The Morgan fingerprint density at radius 2 is 2.12 bits per heavy atom. The Morgan fingerprint density at radius 1 is 1.25 bits per heavy atom. The van der Waals surface area contributed by atoms with Gasteiger partial charge < -0.3 is 4.74 Å². The highest BCUT2D eigenvalue weighted by Crippen LogP contribution is 2.28. The van der Waals surface area contributed by atoms with Crippen LogP contribution in [0.1, 0.15) is 24.2 Å². The number of hydrogen-bond donors (Lipinski definition) is 1. The highest BCUT2D eigenvalue weighted by atomic mass is 32.1. The van der Waals surface area contributed by atoms with Crippen LogP contribution in [0.2, 0.25) is 0 Å². The fraction of sp³-hybridized carbons (Fsp3) is 0.222. The second-order valence-corrected chi connectivity index (χ2v) is 7.51. The minimum Gasteiger partial charge on any atom is -0.493 e. The van der Waals surface area contributed by atoms with Gasteiger partial charge in [0.2, 0.25) is 0 Å². The highest BCUT2D eigenvalue weighted by molar-refractivity contribution is 7.16. The first kappa shape index (κ1) is 16.7. The molecule has 0 saturated heterocycles. The van der Waals surface area contributed by atoms with E-state index < -0.39 is 0 Å². The molecule has 0 aliphatic rings. The van der Waals surface area contributed by atoms with Crippen molar-refractivity contribution in [2.24, 2.45) is 5.92 Å². The van der Waals surface area contributed by atoms with Crippen molar-refractivity contribution in [1.82, 2.24) is 4.98 Å². The number of thiazole rings is 1. The summed E-state index contributed by atoms with van der Waals surface area (Å²) in [6.07, 6.45) is 0. The van der Waals surface area contributed by atoms with E-state index in [-0.39, 0.29) is 5.91 Å². The third-order valence-electron chi connectivity index (χ3n) is 3.18. The molecule has 4 nitrogen and oxygen atoms in total. The lowest BCUT2D eigenvalue weighted by molar-refractivity contribution is 0.102. The summed E-state index contributed by atoms with van der Waals surface area (Å²) in [5.74, 6) is 0.959. The van der Waals surface area contributed by atoms with Crippen molar-refractivity contribution in [2.75, 3.05) is 11.9 Å². The number of ether oxygens (including phenoxy) is 1. The van der Waals surface area contributed by atoms with E-state index in [2.05, 4.69) is 24.1 Å². The number of benzene rings is 1. The molecular weight excluding hydrogens is 340 g/mol. The van der Waals surface area contributed by atoms with E-state index in [1.165, 1.54) is 11.3 Å². The summed E-state index contributed by atoms with van der Waals surface area (Å²) >= 11 is 3.05. The summed E-state index contributed by atoms with van der Waals surface area (Å²) in [5.41, 5.74) is 1.45. The van der Waals surface area contributed by atoms with Crippen molar-refractivity contribution in [3.63, 3.8) is 0 Å². The van der Waals surface area contributed by atoms with Crippen LogP contribution >= 0.6 is 22.7 Å². The molecule has 0 radical (unpaired) electrons. The molecule has 0 aliphatic heterocycles. The molecule has 0 saturated carbocycles. The molecule has 124 valence electrons. The van der Waals surface area contributed by atoms with Gasteiger partial charge in [-0.2, -0.15) is 0 Å². The van der Waals surface area contributed by atoms with Crippen molar-refractivity contribution in [2.45, 2.75) is 13.8 Å². The Morgan fingerprint density at radius 3 is 2.88 bits per heavy atom. The predicted octanol–water partition coefficient (Wildman–Crippen LogP) is 5.16. The fourth-order valence-electron chi connectivity index (χ4n) is 2.03. The van der Waals surface area contributed by atoms with E-state index in [9.17, 15) is 4.79 Å². The van der Waals surface area contributed by atoms with Crippen LogP contribution in [0.5, 0.6) is 5.75 Å². The van der Waals surface area contributed by atoms with Crippen LogP contribution in [0.3, 0.4) is 0 Å². The van der Waals surface area contributed by atoms with E-state index in [1.807, 2.05) is 35.0 Å². The van der Waals surface area contributed by atoms with Crippen molar-refractivity contribution < 1.29 is 9.53 Å². The van der Waals surface area contributed by atoms with Gasteiger partial charge in [-0.3, -0.25) is 10.1 Å². The molecule has 1 N–H and O–H groups in total. The predicted molar refractivity (Wildman–Crippen MR) is 100 cm³/mol. The molecule has 1 amide bonds. The first-order valence-electron chi connectivity index (χ1n) is 7.65. The Kier molecular flexibility index (Phi) is 5.27. The third-order valence-corrected chi connectivity index (χ3v) is 4.83. The van der Waals surface area contributed by atoms with Gasteiger partial charge in [0, 0.05) is 10.9 Å². The first-order valence-corrected chi connectivity index (χ1v) is 9.41. The molecule has 0 bridgehead atoms. The van der Waals surface area contributed by atoms with E-state index in [4.69, 9.17) is 4.74 Å². The standard InChI is InChI=1S/C18H18N2O2S2/c1-12(2)10-22-14-6-3-5-13(9-14)17(21)20-18-19-15(11-24-18)16-7-4-8-23-16/h3-9,11-12H,10H2,1-2H3,(H,19,20,21). The van der Waals surface area contributed by atoms with Crippen LogP contribution in [-0.4, -0.2) is 17.5 Å². The van der Waals surface area contributed by atoms with Gasteiger partial charge in [-0.05, 0) is 35.6 Å². The molecule has 3 aromatic rings. The number of nitrogens with one attached hydrogen (secondary N) is 1. The van der Waals surface area contributed by atoms with Gasteiger partial charge in [-0.25, -0.2) is 4.98 Å². The number of nitrogens with zero attached hydrogens (tertiary/aromatic N) is 1. The third kappa shape index (κ3) is 4.21. The molecular formula is C18H18N2O2S2. The van der Waals surface area contributed by atoms with Gasteiger partial charge in [-0.1, -0.05) is 26.0 Å². The van der Waals surface area contributed by atoms with Crippen molar-refractivity contribution in [1.29, 1.82) is 0 Å². The largest absolute Gasteiger partial charge is 0.493 e. The summed E-state index contributed by atoms with van der Waals surface area (Å²) < 4.78 is 5.67. The Labute approximate surface area is 149 Å². The number of carbonyl (C=O) groups excluding carboxylic acids is 1. The van der Waals surface area contributed by atoms with Gasteiger partial charge in [0.1, 0.15) is 5.75 Å². The SMILES string of the molecule is CC(C)COc1cccc(C(=O)Nc2nc(-c3cccs3)cs2)c1. The minimum absolute atomic E-state index is 0.183. The van der Waals surface area contributed by atoms with Crippen LogP contribution in [0.4, 0.5) is 5.13 Å². The molecule has 3 rings (SSSR count). The summed E-state index contributed by atoms with van der Waals surface area (Å²) in [7, 11) is 0. The molecule has 2 heterocycles. The van der Waals surface area contributed by atoms with Gasteiger partial charge in [0.15, 0.2) is 5.13 Å². The zero-order valence-electron chi connectivity index (χ0n) is 13.5. The molecule has 2 aromatic heterocycles. The van der Waals surface area contributed by atoms with Crippen LogP contribution in [0.25, 0.3) is 10.6 Å². The van der Waals surface area contributed by atoms with E-state index in [0.717, 1.165) is 10.6 Å². The van der Waals surface area contributed by atoms with Crippen LogP contribution in [0, 0.1) is 5.92 Å². The van der Waals surface area contributed by atoms with E-state index in [0.29, 0.717) is 29.0 Å². The first-order chi connectivity index (χ1) is 11.6. The van der Waals surface area contributed by atoms with Crippen molar-refractivity contribution in [3.05, 3.63) is 52.7 Å². The number of thiophene rings is 1. The lowest BCUT2D eigenvalue weighted by Crippen LogP contribution is -2.12. The van der Waals surface area contributed by atoms with E-state index in [1.54, 1.807) is 23.5 Å². The van der Waals surface area contributed by atoms with Gasteiger partial charge in [0.05, 0.1) is 17.2 Å².